The smallest absolute Gasteiger partial charge is 0.179 e. The number of oxime groups is 1. The lowest BCUT2D eigenvalue weighted by Crippen LogP contribution is -2.15. The van der Waals surface area contributed by atoms with Crippen LogP contribution < -0.4 is 5.73 Å². The summed E-state index contributed by atoms with van der Waals surface area (Å²) in [6.45, 7) is 2.07. The number of amidine groups is 1. The third-order valence-electron chi connectivity index (χ3n) is 2.41. The van der Waals surface area contributed by atoms with Gasteiger partial charge in [-0.15, -0.1) is 22.0 Å². The van der Waals surface area contributed by atoms with E-state index >= 15 is 0 Å². The molecule has 0 aliphatic heterocycles. The molecule has 5 nitrogen and oxygen atoms in total. The van der Waals surface area contributed by atoms with Gasteiger partial charge in [-0.1, -0.05) is 53.0 Å². The molecule has 0 spiro atoms. The summed E-state index contributed by atoms with van der Waals surface area (Å²) in [6, 6.07) is 5.88. The van der Waals surface area contributed by atoms with Crippen molar-refractivity contribution >= 4 is 52.5 Å². The average Bonchev–Trinajstić information content (AvgIpc) is 2.95. The summed E-state index contributed by atoms with van der Waals surface area (Å²) < 4.78 is 1.76. The minimum atomic E-state index is 0.114. The Morgan fingerprint density at radius 1 is 1.33 bits per heavy atom. The zero-order valence-corrected chi connectivity index (χ0v) is 14.7. The number of hydrogen-bond donors (Lipinski definition) is 2. The molecule has 0 radical (unpaired) electrons. The van der Waals surface area contributed by atoms with Crippen LogP contribution in [-0.2, 0) is 0 Å². The minimum Gasteiger partial charge on any atom is -0.409 e. The normalized spacial score (nSPS) is 11.8. The van der Waals surface area contributed by atoms with E-state index in [1.807, 2.05) is 24.5 Å². The molecule has 9 heteroatoms. The molecule has 0 atom stereocenters. The second-order valence-corrected chi connectivity index (χ2v) is 8.31. The first-order chi connectivity index (χ1) is 10.2. The Balaban J connectivity index is 2.39. The molecule has 112 valence electrons. The fraction of sp³-hybridized carbons (Fsp3) is 0.250. The molecular weight excluding hydrogens is 344 g/mol. The van der Waals surface area contributed by atoms with Crippen LogP contribution in [0.4, 0.5) is 0 Å². The third-order valence-corrected chi connectivity index (χ3v) is 6.36. The van der Waals surface area contributed by atoms with E-state index in [0.717, 1.165) is 29.8 Å². The standard InChI is InChI=1S/C12H14N4OS4/c1-3-19-7-5-4-6-8(9(7)10(13)16-17)20-12-15-14-11(18-2)21-12/h4-6,17H,3H2,1-2H3,(H2,13,16). The van der Waals surface area contributed by atoms with Gasteiger partial charge < -0.3 is 10.9 Å². The summed E-state index contributed by atoms with van der Waals surface area (Å²) >= 11 is 6.23. The van der Waals surface area contributed by atoms with Crippen molar-refractivity contribution < 1.29 is 5.21 Å². The Hall–Kier alpha value is -0.900. The number of nitrogens with two attached hydrogens (primary N) is 1. The van der Waals surface area contributed by atoms with Gasteiger partial charge in [0.15, 0.2) is 14.5 Å². The highest BCUT2D eigenvalue weighted by atomic mass is 32.2. The average molecular weight is 359 g/mol. The summed E-state index contributed by atoms with van der Waals surface area (Å²) in [7, 11) is 0. The maximum atomic E-state index is 9.03. The Labute approximate surface area is 139 Å². The van der Waals surface area contributed by atoms with Gasteiger partial charge in [-0.05, 0) is 24.1 Å². The van der Waals surface area contributed by atoms with Crippen LogP contribution in [0.15, 0.2) is 41.8 Å². The van der Waals surface area contributed by atoms with Gasteiger partial charge in [0.1, 0.15) is 0 Å². The van der Waals surface area contributed by atoms with Crippen LogP contribution in [0.25, 0.3) is 0 Å². The third kappa shape index (κ3) is 4.06. The van der Waals surface area contributed by atoms with Crippen molar-refractivity contribution in [1.29, 1.82) is 0 Å². The molecule has 0 aliphatic carbocycles. The second kappa shape index (κ2) is 7.92. The first kappa shape index (κ1) is 16.5. The van der Waals surface area contributed by atoms with Crippen LogP contribution in [0, 0.1) is 0 Å². The molecular formula is C12H14N4OS4. The van der Waals surface area contributed by atoms with E-state index < -0.39 is 0 Å². The van der Waals surface area contributed by atoms with Gasteiger partial charge in [0.25, 0.3) is 0 Å². The lowest BCUT2D eigenvalue weighted by atomic mass is 10.2. The Kier molecular flexibility index (Phi) is 6.22. The predicted molar refractivity (Wildman–Crippen MR) is 91.2 cm³/mol. The Morgan fingerprint density at radius 2 is 2.05 bits per heavy atom. The van der Waals surface area contributed by atoms with Gasteiger partial charge in [0, 0.05) is 15.4 Å². The maximum absolute atomic E-state index is 9.03. The van der Waals surface area contributed by atoms with Gasteiger partial charge in [-0.25, -0.2) is 0 Å². The highest BCUT2D eigenvalue weighted by Crippen LogP contribution is 2.37. The number of hydrogen-bond acceptors (Lipinski definition) is 8. The van der Waals surface area contributed by atoms with Crippen molar-refractivity contribution in [3.05, 3.63) is 23.8 Å². The largest absolute Gasteiger partial charge is 0.409 e. The molecule has 1 heterocycles. The number of thioether (sulfide) groups is 2. The van der Waals surface area contributed by atoms with Gasteiger partial charge in [0.05, 0.1) is 0 Å². The van der Waals surface area contributed by atoms with Gasteiger partial charge >= 0.3 is 0 Å². The van der Waals surface area contributed by atoms with Crippen LogP contribution in [-0.4, -0.2) is 33.2 Å². The summed E-state index contributed by atoms with van der Waals surface area (Å²) in [4.78, 5) is 1.90. The van der Waals surface area contributed by atoms with Gasteiger partial charge in [0.2, 0.25) is 0 Å². The summed E-state index contributed by atoms with van der Waals surface area (Å²) in [5, 5.41) is 20.4. The molecule has 2 aromatic rings. The van der Waals surface area contributed by atoms with Crippen molar-refractivity contribution in [1.82, 2.24) is 10.2 Å². The van der Waals surface area contributed by atoms with Crippen molar-refractivity contribution in [2.75, 3.05) is 12.0 Å². The molecule has 0 aliphatic rings. The Bertz CT molecular complexity index is 644. The van der Waals surface area contributed by atoms with E-state index in [4.69, 9.17) is 10.9 Å². The minimum absolute atomic E-state index is 0.114. The first-order valence-corrected chi connectivity index (χ1v) is 9.83. The van der Waals surface area contributed by atoms with Crippen molar-refractivity contribution in [2.45, 2.75) is 25.4 Å². The number of rotatable bonds is 6. The van der Waals surface area contributed by atoms with Crippen LogP contribution in [0.1, 0.15) is 12.5 Å². The van der Waals surface area contributed by atoms with E-state index in [1.165, 1.54) is 23.1 Å². The van der Waals surface area contributed by atoms with E-state index in [1.54, 1.807) is 23.5 Å². The first-order valence-electron chi connectivity index (χ1n) is 5.98. The predicted octanol–water partition coefficient (Wildman–Crippen LogP) is 3.62. The molecule has 0 saturated heterocycles. The maximum Gasteiger partial charge on any atom is 0.179 e. The van der Waals surface area contributed by atoms with Gasteiger partial charge in [-0.3, -0.25) is 0 Å². The number of benzene rings is 1. The zero-order valence-electron chi connectivity index (χ0n) is 11.4. The summed E-state index contributed by atoms with van der Waals surface area (Å²) in [5.74, 6) is 1.03. The van der Waals surface area contributed by atoms with Crippen LogP contribution in [0.3, 0.4) is 0 Å². The van der Waals surface area contributed by atoms with Crippen LogP contribution in [0.2, 0.25) is 0 Å². The molecule has 1 aromatic carbocycles. The van der Waals surface area contributed by atoms with E-state index in [9.17, 15) is 0 Å². The number of nitrogens with zero attached hydrogens (tertiary/aromatic N) is 3. The quantitative estimate of drug-likeness (QED) is 0.268. The highest BCUT2D eigenvalue weighted by Gasteiger charge is 2.16. The highest BCUT2D eigenvalue weighted by molar-refractivity contribution is 8.03. The molecule has 2 rings (SSSR count). The summed E-state index contributed by atoms with van der Waals surface area (Å²) in [6.07, 6.45) is 1.97. The lowest BCUT2D eigenvalue weighted by Gasteiger charge is -2.11. The monoisotopic (exact) mass is 358 g/mol. The molecule has 0 amide bonds. The van der Waals surface area contributed by atoms with E-state index in [-0.39, 0.29) is 5.84 Å². The van der Waals surface area contributed by atoms with E-state index in [2.05, 4.69) is 22.3 Å². The molecule has 0 bridgehead atoms. The van der Waals surface area contributed by atoms with Crippen molar-refractivity contribution in [2.24, 2.45) is 10.9 Å². The molecule has 0 unspecified atom stereocenters. The SMILES string of the molecule is CCSc1cccc(Sc2nnc(SC)s2)c1/C(N)=N/O. The van der Waals surface area contributed by atoms with Crippen LogP contribution in [0.5, 0.6) is 0 Å². The molecule has 21 heavy (non-hydrogen) atoms. The summed E-state index contributed by atoms with van der Waals surface area (Å²) in [5.41, 5.74) is 6.60. The molecule has 3 N–H and O–H groups in total. The molecule has 0 saturated carbocycles. The Morgan fingerprint density at radius 3 is 2.67 bits per heavy atom. The second-order valence-electron chi connectivity index (χ2n) is 3.69. The van der Waals surface area contributed by atoms with Crippen molar-refractivity contribution in [3.63, 3.8) is 0 Å². The van der Waals surface area contributed by atoms with Crippen molar-refractivity contribution in [3.8, 4) is 0 Å². The zero-order chi connectivity index (χ0) is 15.2. The van der Waals surface area contributed by atoms with E-state index in [0.29, 0.717) is 0 Å². The van der Waals surface area contributed by atoms with Crippen LogP contribution >= 0.6 is 46.6 Å². The fourth-order valence-electron chi connectivity index (χ4n) is 1.59. The fourth-order valence-corrected chi connectivity index (χ4v) is 5.07. The molecule has 1 aromatic heterocycles. The number of aromatic nitrogens is 2. The topological polar surface area (TPSA) is 84.4 Å². The molecule has 0 fully saturated rings. The lowest BCUT2D eigenvalue weighted by molar-refractivity contribution is 0.318. The van der Waals surface area contributed by atoms with Gasteiger partial charge in [-0.2, -0.15) is 0 Å².